The lowest BCUT2D eigenvalue weighted by Gasteiger charge is -2.17. The van der Waals surface area contributed by atoms with E-state index in [0.29, 0.717) is 24.5 Å². The van der Waals surface area contributed by atoms with Crippen LogP contribution < -0.4 is 15.0 Å². The zero-order valence-electron chi connectivity index (χ0n) is 16.0. The zero-order valence-corrected chi connectivity index (χ0v) is 16.0. The zero-order chi connectivity index (χ0) is 20.2. The van der Waals surface area contributed by atoms with Crippen molar-refractivity contribution in [2.45, 2.75) is 13.0 Å². The number of nitrogens with zero attached hydrogens (tertiary/aromatic N) is 4. The highest BCUT2D eigenvalue weighted by atomic mass is 16.5. The third-order valence-corrected chi connectivity index (χ3v) is 4.89. The Labute approximate surface area is 168 Å². The van der Waals surface area contributed by atoms with Crippen molar-refractivity contribution in [3.63, 3.8) is 0 Å². The van der Waals surface area contributed by atoms with E-state index in [0.717, 1.165) is 11.3 Å². The number of carbonyl (C=O) groups excluding carboxylic acids is 2. The summed E-state index contributed by atoms with van der Waals surface area (Å²) in [6, 6.07) is 14.8. The standard InChI is InChI=1S/C21H21N5O3/c1-29-19-4-2-3-18(10-19)26-12-16(9-20(26)27)21(28)24-17-7-5-15(6-8-17)11-25-14-22-13-23-25/h2-8,10,13-14,16H,9,11-12H2,1H3,(H,24,28)/t16-/m0/s1. The molecule has 8 heteroatoms. The fourth-order valence-corrected chi connectivity index (χ4v) is 3.35. The van der Waals surface area contributed by atoms with Gasteiger partial charge in [-0.2, -0.15) is 5.10 Å². The van der Waals surface area contributed by atoms with E-state index in [-0.39, 0.29) is 18.2 Å². The van der Waals surface area contributed by atoms with Crippen LogP contribution in [0.15, 0.2) is 61.2 Å². The van der Waals surface area contributed by atoms with Crippen LogP contribution in [0.25, 0.3) is 0 Å². The molecule has 1 aliphatic heterocycles. The number of amides is 2. The molecule has 1 aromatic heterocycles. The average molecular weight is 391 g/mol. The van der Waals surface area contributed by atoms with Crippen molar-refractivity contribution < 1.29 is 14.3 Å². The molecule has 29 heavy (non-hydrogen) atoms. The van der Waals surface area contributed by atoms with E-state index in [1.807, 2.05) is 42.5 Å². The first kappa shape index (κ1) is 18.7. The van der Waals surface area contributed by atoms with Gasteiger partial charge in [-0.15, -0.1) is 0 Å². The Morgan fingerprint density at radius 2 is 2.07 bits per heavy atom. The largest absolute Gasteiger partial charge is 0.497 e. The number of carbonyl (C=O) groups is 2. The molecule has 2 heterocycles. The summed E-state index contributed by atoms with van der Waals surface area (Å²) in [7, 11) is 1.58. The smallest absolute Gasteiger partial charge is 0.229 e. The van der Waals surface area contributed by atoms with Crippen molar-refractivity contribution in [3.05, 3.63) is 66.7 Å². The van der Waals surface area contributed by atoms with Gasteiger partial charge in [0.05, 0.1) is 19.6 Å². The number of aromatic nitrogens is 3. The summed E-state index contributed by atoms with van der Waals surface area (Å²) >= 11 is 0. The molecule has 0 aliphatic carbocycles. The van der Waals surface area contributed by atoms with E-state index in [9.17, 15) is 9.59 Å². The summed E-state index contributed by atoms with van der Waals surface area (Å²) in [6.07, 6.45) is 3.33. The van der Waals surface area contributed by atoms with E-state index in [2.05, 4.69) is 15.4 Å². The Bertz CT molecular complexity index is 1000. The maximum absolute atomic E-state index is 12.7. The summed E-state index contributed by atoms with van der Waals surface area (Å²) < 4.78 is 6.95. The molecule has 0 bridgehead atoms. The van der Waals surface area contributed by atoms with Gasteiger partial charge in [0.1, 0.15) is 18.4 Å². The third-order valence-electron chi connectivity index (χ3n) is 4.89. The molecular formula is C21H21N5O3. The van der Waals surface area contributed by atoms with Gasteiger partial charge >= 0.3 is 0 Å². The van der Waals surface area contributed by atoms with Gasteiger partial charge < -0.3 is 15.0 Å². The Kier molecular flexibility index (Phi) is 5.24. The fourth-order valence-electron chi connectivity index (χ4n) is 3.35. The number of ether oxygens (including phenoxy) is 1. The van der Waals surface area contributed by atoms with Gasteiger partial charge in [0, 0.05) is 30.4 Å². The van der Waals surface area contributed by atoms with Crippen molar-refractivity contribution in [1.82, 2.24) is 14.8 Å². The highest BCUT2D eigenvalue weighted by Crippen LogP contribution is 2.28. The van der Waals surface area contributed by atoms with Gasteiger partial charge in [-0.1, -0.05) is 18.2 Å². The van der Waals surface area contributed by atoms with E-state index in [4.69, 9.17) is 4.74 Å². The molecule has 4 rings (SSSR count). The van der Waals surface area contributed by atoms with Crippen LogP contribution in [0.2, 0.25) is 0 Å². The van der Waals surface area contributed by atoms with Crippen LogP contribution in [0.4, 0.5) is 11.4 Å². The molecular weight excluding hydrogens is 370 g/mol. The summed E-state index contributed by atoms with van der Waals surface area (Å²) in [5.41, 5.74) is 2.49. The second-order valence-corrected chi connectivity index (χ2v) is 6.89. The Morgan fingerprint density at radius 1 is 1.24 bits per heavy atom. The second kappa shape index (κ2) is 8.14. The topological polar surface area (TPSA) is 89.3 Å². The number of rotatable bonds is 6. The molecule has 0 spiro atoms. The minimum Gasteiger partial charge on any atom is -0.497 e. The SMILES string of the molecule is COc1cccc(N2C[C@@H](C(=O)Nc3ccc(Cn4cncn4)cc3)CC2=O)c1. The summed E-state index contributed by atoms with van der Waals surface area (Å²) in [5.74, 6) is 0.0482. The molecule has 0 saturated carbocycles. The monoisotopic (exact) mass is 391 g/mol. The van der Waals surface area contributed by atoms with Gasteiger partial charge in [0.25, 0.3) is 0 Å². The molecule has 8 nitrogen and oxygen atoms in total. The lowest BCUT2D eigenvalue weighted by molar-refractivity contribution is -0.122. The predicted molar refractivity (Wildman–Crippen MR) is 108 cm³/mol. The molecule has 1 N–H and O–H groups in total. The first-order valence-corrected chi connectivity index (χ1v) is 9.29. The van der Waals surface area contributed by atoms with E-state index < -0.39 is 5.92 Å². The molecule has 3 aromatic rings. The van der Waals surface area contributed by atoms with Gasteiger partial charge in [-0.25, -0.2) is 9.67 Å². The molecule has 2 amide bonds. The van der Waals surface area contributed by atoms with Crippen molar-refractivity contribution in [2.75, 3.05) is 23.9 Å². The Balaban J connectivity index is 1.38. The number of nitrogens with one attached hydrogen (secondary N) is 1. The number of methoxy groups -OCH3 is 1. The van der Waals surface area contributed by atoms with Crippen LogP contribution in [-0.2, 0) is 16.1 Å². The average Bonchev–Trinajstić information content (AvgIpc) is 3.39. The molecule has 2 aromatic carbocycles. The van der Waals surface area contributed by atoms with Crippen molar-refractivity contribution in [2.24, 2.45) is 5.92 Å². The van der Waals surface area contributed by atoms with Gasteiger partial charge in [-0.05, 0) is 29.8 Å². The Morgan fingerprint density at radius 3 is 2.79 bits per heavy atom. The first-order valence-electron chi connectivity index (χ1n) is 9.29. The van der Waals surface area contributed by atoms with Crippen molar-refractivity contribution >= 4 is 23.2 Å². The van der Waals surface area contributed by atoms with Crippen LogP contribution in [0.3, 0.4) is 0 Å². The molecule has 0 radical (unpaired) electrons. The van der Waals surface area contributed by atoms with E-state index in [1.165, 1.54) is 6.33 Å². The molecule has 1 fully saturated rings. The number of benzene rings is 2. The van der Waals surface area contributed by atoms with Crippen LogP contribution in [0.1, 0.15) is 12.0 Å². The maximum Gasteiger partial charge on any atom is 0.229 e. The Hall–Kier alpha value is -3.68. The maximum atomic E-state index is 12.7. The highest BCUT2D eigenvalue weighted by molar-refractivity contribution is 6.03. The van der Waals surface area contributed by atoms with E-state index in [1.54, 1.807) is 29.1 Å². The normalized spacial score (nSPS) is 16.1. The predicted octanol–water partition coefficient (Wildman–Crippen LogP) is 2.33. The number of hydrogen-bond donors (Lipinski definition) is 1. The molecule has 1 atom stereocenters. The van der Waals surface area contributed by atoms with Crippen molar-refractivity contribution in [3.8, 4) is 5.75 Å². The van der Waals surface area contributed by atoms with Gasteiger partial charge in [0.2, 0.25) is 11.8 Å². The second-order valence-electron chi connectivity index (χ2n) is 6.89. The van der Waals surface area contributed by atoms with Crippen LogP contribution in [-0.4, -0.2) is 40.2 Å². The fraction of sp³-hybridized carbons (Fsp3) is 0.238. The molecule has 148 valence electrons. The summed E-state index contributed by atoms with van der Waals surface area (Å²) in [6.45, 7) is 0.961. The summed E-state index contributed by atoms with van der Waals surface area (Å²) in [4.78, 5) is 30.6. The van der Waals surface area contributed by atoms with Gasteiger partial charge in [0.15, 0.2) is 0 Å². The van der Waals surface area contributed by atoms with Crippen molar-refractivity contribution in [1.29, 1.82) is 0 Å². The molecule has 0 unspecified atom stereocenters. The van der Waals surface area contributed by atoms with Crippen LogP contribution in [0, 0.1) is 5.92 Å². The quantitative estimate of drug-likeness (QED) is 0.697. The number of anilines is 2. The third kappa shape index (κ3) is 4.26. The lowest BCUT2D eigenvalue weighted by atomic mass is 10.1. The van der Waals surface area contributed by atoms with Crippen LogP contribution in [0.5, 0.6) is 5.75 Å². The minimum atomic E-state index is -0.400. The first-order chi connectivity index (χ1) is 14.1. The molecule has 1 saturated heterocycles. The summed E-state index contributed by atoms with van der Waals surface area (Å²) in [5, 5.41) is 6.98. The highest BCUT2D eigenvalue weighted by Gasteiger charge is 2.35. The van der Waals surface area contributed by atoms with Gasteiger partial charge in [-0.3, -0.25) is 9.59 Å². The molecule has 1 aliphatic rings. The van der Waals surface area contributed by atoms with Crippen LogP contribution >= 0.6 is 0 Å². The minimum absolute atomic E-state index is 0.0680. The van der Waals surface area contributed by atoms with E-state index >= 15 is 0 Å². The number of hydrogen-bond acceptors (Lipinski definition) is 5. The lowest BCUT2D eigenvalue weighted by Crippen LogP contribution is -2.28.